The highest BCUT2D eigenvalue weighted by molar-refractivity contribution is 8.03. The zero-order valence-corrected chi connectivity index (χ0v) is 21.0. The standard InChI is InChI=1S/C31H35NS/c1-22-19-27(23(2)25-13-7-4-8-14-25)31(28(20-22)24(3)26-15-9-5-10-16-26)32-21-33-30-18-12-6-11-17-29(30)32/h4-5,7-10,13-16,19-20,23-24H,6,11-12,17-18,21H2,1-3H3/t23-,24-/m1/s1. The van der Waals surface area contributed by atoms with E-state index in [1.807, 2.05) is 0 Å². The Hall–Kier alpha value is -2.45. The Labute approximate surface area is 203 Å². The van der Waals surface area contributed by atoms with Gasteiger partial charge in [-0.25, -0.2) is 0 Å². The number of aryl methyl sites for hydroxylation is 1. The van der Waals surface area contributed by atoms with Crippen LogP contribution in [0.25, 0.3) is 0 Å². The summed E-state index contributed by atoms with van der Waals surface area (Å²) in [5, 5.41) is 0. The van der Waals surface area contributed by atoms with Crippen LogP contribution < -0.4 is 4.90 Å². The fourth-order valence-electron chi connectivity index (χ4n) is 5.55. The molecule has 0 bridgehead atoms. The summed E-state index contributed by atoms with van der Waals surface area (Å²) < 4.78 is 0. The van der Waals surface area contributed by atoms with Crippen molar-refractivity contribution in [3.8, 4) is 0 Å². The Kier molecular flexibility index (Phi) is 6.64. The number of hydrogen-bond acceptors (Lipinski definition) is 2. The zero-order chi connectivity index (χ0) is 22.8. The normalized spacial score (nSPS) is 18.1. The molecule has 1 heterocycles. The SMILES string of the molecule is Cc1cc([C@H](C)c2ccccc2)c(N2CSC3=C2CCCCC3)c([C@H](C)c2ccccc2)c1. The Morgan fingerprint density at radius 1 is 0.727 bits per heavy atom. The average Bonchev–Trinajstić information content (AvgIpc) is 3.10. The highest BCUT2D eigenvalue weighted by atomic mass is 32.2. The lowest BCUT2D eigenvalue weighted by Crippen LogP contribution is -2.23. The first-order valence-electron chi connectivity index (χ1n) is 12.5. The van der Waals surface area contributed by atoms with Gasteiger partial charge in [0.2, 0.25) is 0 Å². The minimum Gasteiger partial charge on any atom is -0.334 e. The Balaban J connectivity index is 1.69. The first-order valence-corrected chi connectivity index (χ1v) is 13.5. The van der Waals surface area contributed by atoms with Crippen LogP contribution >= 0.6 is 11.8 Å². The molecule has 1 aliphatic carbocycles. The molecule has 0 fully saturated rings. The number of benzene rings is 3. The molecule has 0 amide bonds. The van der Waals surface area contributed by atoms with E-state index in [-0.39, 0.29) is 0 Å². The van der Waals surface area contributed by atoms with Crippen molar-refractivity contribution in [3.63, 3.8) is 0 Å². The van der Waals surface area contributed by atoms with E-state index in [1.54, 1.807) is 10.6 Å². The van der Waals surface area contributed by atoms with Gasteiger partial charge in [-0.1, -0.05) is 98.6 Å². The number of thioether (sulfide) groups is 1. The highest BCUT2D eigenvalue weighted by Gasteiger charge is 2.31. The van der Waals surface area contributed by atoms with E-state index in [4.69, 9.17) is 0 Å². The molecule has 1 nitrogen and oxygen atoms in total. The van der Waals surface area contributed by atoms with Crippen LogP contribution in [-0.2, 0) is 0 Å². The molecule has 2 aliphatic rings. The van der Waals surface area contributed by atoms with Gasteiger partial charge in [0.25, 0.3) is 0 Å². The van der Waals surface area contributed by atoms with Gasteiger partial charge in [0.1, 0.15) is 0 Å². The Bertz CT molecular complexity index is 1070. The topological polar surface area (TPSA) is 3.24 Å². The molecule has 1 aliphatic heterocycles. The van der Waals surface area contributed by atoms with Crippen LogP contribution in [0.5, 0.6) is 0 Å². The predicted octanol–water partition coefficient (Wildman–Crippen LogP) is 8.99. The van der Waals surface area contributed by atoms with Gasteiger partial charge in [0.15, 0.2) is 0 Å². The van der Waals surface area contributed by atoms with Gasteiger partial charge in [-0.3, -0.25) is 0 Å². The largest absolute Gasteiger partial charge is 0.334 e. The fraction of sp³-hybridized carbons (Fsp3) is 0.355. The molecule has 0 spiro atoms. The summed E-state index contributed by atoms with van der Waals surface area (Å²) in [6.45, 7) is 7.04. The minimum absolute atomic E-state index is 0.350. The minimum atomic E-state index is 0.350. The van der Waals surface area contributed by atoms with E-state index in [1.165, 1.54) is 65.6 Å². The maximum absolute atomic E-state index is 2.70. The zero-order valence-electron chi connectivity index (χ0n) is 20.2. The van der Waals surface area contributed by atoms with Crippen LogP contribution in [0, 0.1) is 6.92 Å². The van der Waals surface area contributed by atoms with E-state index < -0.39 is 0 Å². The van der Waals surface area contributed by atoms with Crippen molar-refractivity contribution in [3.05, 3.63) is 111 Å². The Morgan fingerprint density at radius 3 is 1.85 bits per heavy atom. The second kappa shape index (κ2) is 9.81. The summed E-state index contributed by atoms with van der Waals surface area (Å²) in [6.07, 6.45) is 6.49. The molecule has 0 unspecified atom stereocenters. The van der Waals surface area contributed by atoms with Gasteiger partial charge in [-0.15, -0.1) is 11.8 Å². The average molecular weight is 454 g/mol. The molecule has 0 saturated heterocycles. The quantitative estimate of drug-likeness (QED) is 0.379. The first-order chi connectivity index (χ1) is 16.1. The van der Waals surface area contributed by atoms with Crippen LogP contribution in [0.4, 0.5) is 5.69 Å². The van der Waals surface area contributed by atoms with Crippen molar-refractivity contribution < 1.29 is 0 Å². The molecule has 0 radical (unpaired) electrons. The van der Waals surface area contributed by atoms with Gasteiger partial charge in [0, 0.05) is 28.1 Å². The summed E-state index contributed by atoms with van der Waals surface area (Å²) >= 11 is 2.08. The lowest BCUT2D eigenvalue weighted by molar-refractivity contribution is 0.702. The van der Waals surface area contributed by atoms with Crippen LogP contribution in [0.15, 0.2) is 83.4 Å². The number of nitrogens with zero attached hydrogens (tertiary/aromatic N) is 1. The third-order valence-electron chi connectivity index (χ3n) is 7.45. The van der Waals surface area contributed by atoms with Gasteiger partial charge in [0.05, 0.1) is 5.88 Å². The molecule has 2 atom stereocenters. The van der Waals surface area contributed by atoms with Crippen molar-refractivity contribution in [2.24, 2.45) is 0 Å². The number of rotatable bonds is 5. The van der Waals surface area contributed by atoms with Crippen molar-refractivity contribution in [2.45, 2.75) is 64.7 Å². The van der Waals surface area contributed by atoms with E-state index in [0.29, 0.717) is 11.8 Å². The maximum Gasteiger partial charge on any atom is 0.0729 e. The third-order valence-corrected chi connectivity index (χ3v) is 8.62. The lowest BCUT2D eigenvalue weighted by atomic mass is 9.83. The molecule has 0 saturated carbocycles. The molecule has 33 heavy (non-hydrogen) atoms. The molecule has 2 heteroatoms. The molecule has 0 N–H and O–H groups in total. The molecule has 3 aromatic carbocycles. The maximum atomic E-state index is 2.70. The van der Waals surface area contributed by atoms with Gasteiger partial charge < -0.3 is 4.90 Å². The summed E-state index contributed by atoms with van der Waals surface area (Å²) in [6, 6.07) is 27.0. The fourth-order valence-corrected chi connectivity index (χ4v) is 6.79. The Morgan fingerprint density at radius 2 is 1.27 bits per heavy atom. The van der Waals surface area contributed by atoms with Gasteiger partial charge in [-0.2, -0.15) is 0 Å². The first kappa shape index (κ1) is 22.3. The summed E-state index contributed by atoms with van der Waals surface area (Å²) in [7, 11) is 0. The van der Waals surface area contributed by atoms with E-state index in [9.17, 15) is 0 Å². The van der Waals surface area contributed by atoms with E-state index in [2.05, 4.69) is 110 Å². The van der Waals surface area contributed by atoms with Crippen molar-refractivity contribution in [1.29, 1.82) is 0 Å². The monoisotopic (exact) mass is 453 g/mol. The molecule has 0 aromatic heterocycles. The van der Waals surface area contributed by atoms with Crippen LogP contribution in [-0.4, -0.2) is 5.88 Å². The molecule has 5 rings (SSSR count). The second-order valence-corrected chi connectivity index (χ2v) is 10.7. The van der Waals surface area contributed by atoms with E-state index in [0.717, 1.165) is 5.88 Å². The van der Waals surface area contributed by atoms with Gasteiger partial charge >= 0.3 is 0 Å². The van der Waals surface area contributed by atoms with Crippen LogP contribution in [0.2, 0.25) is 0 Å². The summed E-state index contributed by atoms with van der Waals surface area (Å²) in [5.74, 6) is 1.75. The van der Waals surface area contributed by atoms with Crippen molar-refractivity contribution in [1.82, 2.24) is 0 Å². The van der Waals surface area contributed by atoms with Crippen molar-refractivity contribution >= 4 is 17.4 Å². The smallest absolute Gasteiger partial charge is 0.0729 e. The van der Waals surface area contributed by atoms with Crippen LogP contribution in [0.1, 0.15) is 85.6 Å². The third kappa shape index (κ3) is 4.51. The molecular formula is C31H35NS. The molecule has 3 aromatic rings. The highest BCUT2D eigenvalue weighted by Crippen LogP contribution is 2.48. The van der Waals surface area contributed by atoms with E-state index >= 15 is 0 Å². The van der Waals surface area contributed by atoms with Crippen molar-refractivity contribution in [2.75, 3.05) is 10.8 Å². The van der Waals surface area contributed by atoms with Crippen LogP contribution in [0.3, 0.4) is 0 Å². The number of anilines is 1. The number of allylic oxidation sites excluding steroid dienone is 2. The lowest BCUT2D eigenvalue weighted by Gasteiger charge is -2.32. The summed E-state index contributed by atoms with van der Waals surface area (Å²) in [4.78, 5) is 4.35. The van der Waals surface area contributed by atoms with Gasteiger partial charge in [-0.05, 0) is 54.9 Å². The molecule has 170 valence electrons. The second-order valence-electron chi connectivity index (χ2n) is 9.69. The molecular weight excluding hydrogens is 418 g/mol. The number of hydrogen-bond donors (Lipinski definition) is 0. The predicted molar refractivity (Wildman–Crippen MR) is 144 cm³/mol. The summed E-state index contributed by atoms with van der Waals surface area (Å²) in [5.41, 5.74) is 10.2.